The van der Waals surface area contributed by atoms with Gasteiger partial charge in [-0.1, -0.05) is 36.0 Å². The fraction of sp³-hybridized carbons (Fsp3) is 0.286. The molecular formula is C14H13ClN2S2. The Bertz CT molecular complexity index is 615. The number of thiazole rings is 1. The van der Waals surface area contributed by atoms with E-state index in [1.165, 1.54) is 18.4 Å². The molecule has 0 spiro atoms. The lowest BCUT2D eigenvalue weighted by Gasteiger charge is -1.97. The van der Waals surface area contributed by atoms with E-state index in [4.69, 9.17) is 34.5 Å². The number of benzene rings is 1. The van der Waals surface area contributed by atoms with Crippen LogP contribution in [0.3, 0.4) is 0 Å². The highest BCUT2D eigenvalue weighted by molar-refractivity contribution is 7.81. The summed E-state index contributed by atoms with van der Waals surface area (Å²) in [6, 6.07) is 7.86. The molecule has 3 rings (SSSR count). The maximum Gasteiger partial charge on any atom is 0.116 e. The second-order valence-electron chi connectivity index (χ2n) is 4.76. The molecule has 1 aliphatic rings. The van der Waals surface area contributed by atoms with Gasteiger partial charge in [0.25, 0.3) is 0 Å². The lowest BCUT2D eigenvalue weighted by atomic mass is 10.1. The summed E-state index contributed by atoms with van der Waals surface area (Å²) in [6.07, 6.45) is 3.23. The molecule has 0 radical (unpaired) electrons. The average molecular weight is 309 g/mol. The highest BCUT2D eigenvalue weighted by Crippen LogP contribution is 2.42. The normalized spacial score (nSPS) is 14.6. The highest BCUT2D eigenvalue weighted by atomic mass is 35.5. The Morgan fingerprint density at radius 2 is 2.05 bits per heavy atom. The first kappa shape index (κ1) is 13.0. The Balaban J connectivity index is 1.86. The van der Waals surface area contributed by atoms with Gasteiger partial charge in [0.2, 0.25) is 0 Å². The van der Waals surface area contributed by atoms with Gasteiger partial charge in [0, 0.05) is 17.4 Å². The largest absolute Gasteiger partial charge is 0.389 e. The summed E-state index contributed by atoms with van der Waals surface area (Å²) in [5, 5.41) is 1.83. The zero-order valence-corrected chi connectivity index (χ0v) is 12.6. The first-order chi connectivity index (χ1) is 9.13. The third-order valence-electron chi connectivity index (χ3n) is 3.15. The van der Waals surface area contributed by atoms with Crippen LogP contribution in [-0.2, 0) is 6.42 Å². The van der Waals surface area contributed by atoms with Crippen LogP contribution in [0.1, 0.15) is 39.9 Å². The van der Waals surface area contributed by atoms with Crippen LogP contribution in [0, 0.1) is 0 Å². The Morgan fingerprint density at radius 3 is 2.63 bits per heavy atom. The summed E-state index contributed by atoms with van der Waals surface area (Å²) < 4.78 is 0. The molecular weight excluding hydrogens is 296 g/mol. The first-order valence-corrected chi connectivity index (χ1v) is 7.77. The van der Waals surface area contributed by atoms with E-state index in [-0.39, 0.29) is 0 Å². The SMILES string of the molecule is NC(=S)c1sc(Cc2ccc(Cl)cc2)nc1C1CC1. The molecule has 0 saturated heterocycles. The highest BCUT2D eigenvalue weighted by Gasteiger charge is 2.30. The summed E-state index contributed by atoms with van der Waals surface area (Å²) in [7, 11) is 0. The molecule has 1 heterocycles. The molecule has 2 N–H and O–H groups in total. The van der Waals surface area contributed by atoms with Crippen molar-refractivity contribution in [2.45, 2.75) is 25.2 Å². The van der Waals surface area contributed by atoms with Crippen molar-refractivity contribution in [3.8, 4) is 0 Å². The third-order valence-corrected chi connectivity index (χ3v) is 4.84. The molecule has 0 atom stereocenters. The van der Waals surface area contributed by atoms with Gasteiger partial charge in [-0.25, -0.2) is 4.98 Å². The van der Waals surface area contributed by atoms with Crippen LogP contribution in [0.2, 0.25) is 5.02 Å². The Morgan fingerprint density at radius 1 is 1.37 bits per heavy atom. The van der Waals surface area contributed by atoms with Crippen LogP contribution in [0.15, 0.2) is 24.3 Å². The smallest absolute Gasteiger partial charge is 0.116 e. The van der Waals surface area contributed by atoms with Crippen LogP contribution in [0.5, 0.6) is 0 Å². The van der Waals surface area contributed by atoms with Gasteiger partial charge in [-0.15, -0.1) is 11.3 Å². The summed E-state index contributed by atoms with van der Waals surface area (Å²) in [5.74, 6) is 0.576. The van der Waals surface area contributed by atoms with Gasteiger partial charge in [-0.3, -0.25) is 0 Å². The van der Waals surface area contributed by atoms with Crippen molar-refractivity contribution in [1.82, 2.24) is 4.98 Å². The summed E-state index contributed by atoms with van der Waals surface area (Å²) in [4.78, 5) is 6.20. The predicted octanol–water partition coefficient (Wildman–Crippen LogP) is 3.90. The monoisotopic (exact) mass is 308 g/mol. The molecule has 5 heteroatoms. The molecule has 0 unspecified atom stereocenters. The van der Waals surface area contributed by atoms with E-state index in [0.29, 0.717) is 10.9 Å². The predicted molar refractivity (Wildman–Crippen MR) is 84.2 cm³/mol. The van der Waals surface area contributed by atoms with Gasteiger partial charge in [0.15, 0.2) is 0 Å². The van der Waals surface area contributed by atoms with Gasteiger partial charge in [-0.2, -0.15) is 0 Å². The minimum absolute atomic E-state index is 0.474. The molecule has 0 bridgehead atoms. The molecule has 1 aromatic heterocycles. The molecule has 2 nitrogen and oxygen atoms in total. The maximum atomic E-state index is 5.89. The van der Waals surface area contributed by atoms with Crippen molar-refractivity contribution < 1.29 is 0 Å². The zero-order chi connectivity index (χ0) is 13.4. The molecule has 98 valence electrons. The van der Waals surface area contributed by atoms with Gasteiger partial charge >= 0.3 is 0 Å². The van der Waals surface area contributed by atoms with Crippen molar-refractivity contribution in [3.63, 3.8) is 0 Å². The van der Waals surface area contributed by atoms with E-state index in [2.05, 4.69) is 0 Å². The minimum atomic E-state index is 0.474. The Hall–Kier alpha value is -0.970. The molecule has 1 aliphatic carbocycles. The number of rotatable bonds is 4. The minimum Gasteiger partial charge on any atom is -0.389 e. The Kier molecular flexibility index (Phi) is 3.56. The summed E-state index contributed by atoms with van der Waals surface area (Å²) in [5.41, 5.74) is 8.11. The summed E-state index contributed by atoms with van der Waals surface area (Å²) in [6.45, 7) is 0. The van der Waals surface area contributed by atoms with E-state index < -0.39 is 0 Å². The van der Waals surface area contributed by atoms with Crippen LogP contribution in [0.4, 0.5) is 0 Å². The van der Waals surface area contributed by atoms with Crippen LogP contribution in [0.25, 0.3) is 0 Å². The first-order valence-electron chi connectivity index (χ1n) is 6.17. The van der Waals surface area contributed by atoms with E-state index in [1.807, 2.05) is 24.3 Å². The molecule has 2 aromatic rings. The van der Waals surface area contributed by atoms with Crippen LogP contribution in [-0.4, -0.2) is 9.97 Å². The van der Waals surface area contributed by atoms with E-state index in [9.17, 15) is 0 Å². The van der Waals surface area contributed by atoms with Gasteiger partial charge in [0.1, 0.15) is 4.99 Å². The third kappa shape index (κ3) is 2.96. The number of hydrogen-bond acceptors (Lipinski definition) is 3. The van der Waals surface area contributed by atoms with Crippen molar-refractivity contribution in [3.05, 3.63) is 50.4 Å². The molecule has 1 fully saturated rings. The van der Waals surface area contributed by atoms with Crippen LogP contribution >= 0.6 is 35.2 Å². The topological polar surface area (TPSA) is 38.9 Å². The average Bonchev–Trinajstić information content (AvgIpc) is 3.13. The molecule has 1 aromatic carbocycles. The second-order valence-corrected chi connectivity index (χ2v) is 6.72. The quantitative estimate of drug-likeness (QED) is 0.871. The van der Waals surface area contributed by atoms with Gasteiger partial charge < -0.3 is 5.73 Å². The molecule has 0 amide bonds. The fourth-order valence-corrected chi connectivity index (χ4v) is 3.43. The number of hydrogen-bond donors (Lipinski definition) is 1. The van der Waals surface area contributed by atoms with Crippen molar-refractivity contribution in [2.24, 2.45) is 5.73 Å². The second kappa shape index (κ2) is 5.19. The van der Waals surface area contributed by atoms with Gasteiger partial charge in [-0.05, 0) is 30.5 Å². The molecule has 1 saturated carbocycles. The molecule has 19 heavy (non-hydrogen) atoms. The van der Waals surface area contributed by atoms with Crippen molar-refractivity contribution in [2.75, 3.05) is 0 Å². The van der Waals surface area contributed by atoms with Crippen LogP contribution < -0.4 is 5.73 Å². The molecule has 0 aliphatic heterocycles. The van der Waals surface area contributed by atoms with Crippen molar-refractivity contribution in [1.29, 1.82) is 0 Å². The number of halogens is 1. The fourth-order valence-electron chi connectivity index (χ4n) is 2.04. The number of nitrogens with two attached hydrogens (primary N) is 1. The van der Waals surface area contributed by atoms with E-state index >= 15 is 0 Å². The lowest BCUT2D eigenvalue weighted by molar-refractivity contribution is 1.00. The van der Waals surface area contributed by atoms with E-state index in [0.717, 1.165) is 27.0 Å². The summed E-state index contributed by atoms with van der Waals surface area (Å²) >= 11 is 12.6. The lowest BCUT2D eigenvalue weighted by Crippen LogP contribution is -2.09. The number of aromatic nitrogens is 1. The maximum absolute atomic E-state index is 5.89. The standard InChI is InChI=1S/C14H13ClN2S2/c15-10-5-1-8(2-6-10)7-11-17-12(9-3-4-9)13(19-11)14(16)18/h1-2,5-6,9H,3-4,7H2,(H2,16,18). The number of thiocarbonyl (C=S) groups is 1. The zero-order valence-electron chi connectivity index (χ0n) is 10.2. The van der Waals surface area contributed by atoms with Crippen molar-refractivity contribution >= 4 is 40.1 Å². The Labute approximate surface area is 126 Å². The van der Waals surface area contributed by atoms with E-state index in [1.54, 1.807) is 11.3 Å². The van der Waals surface area contributed by atoms with Gasteiger partial charge in [0.05, 0.1) is 15.6 Å². The number of nitrogens with zero attached hydrogens (tertiary/aromatic N) is 1.